The molecule has 0 spiro atoms. The second-order valence-corrected chi connectivity index (χ2v) is 11.2. The summed E-state index contributed by atoms with van der Waals surface area (Å²) in [6.07, 6.45) is 6.89. The average molecular weight is 482 g/mol. The lowest BCUT2D eigenvalue weighted by Gasteiger charge is -2.16. The minimum Gasteiger partial charge on any atom is -0.338 e. The molecule has 0 unspecified atom stereocenters. The van der Waals surface area contributed by atoms with Gasteiger partial charge in [-0.15, -0.1) is 11.3 Å². The van der Waals surface area contributed by atoms with Gasteiger partial charge in [-0.2, -0.15) is 4.31 Å². The monoisotopic (exact) mass is 481 g/mol. The molecule has 1 aromatic carbocycles. The molecule has 8 nitrogen and oxygen atoms in total. The number of anilines is 1. The number of benzene rings is 1. The Morgan fingerprint density at radius 3 is 2.79 bits per heavy atom. The van der Waals surface area contributed by atoms with Crippen molar-refractivity contribution in [1.82, 2.24) is 19.3 Å². The van der Waals surface area contributed by atoms with Crippen molar-refractivity contribution >= 4 is 43.3 Å². The summed E-state index contributed by atoms with van der Waals surface area (Å²) in [6, 6.07) is 10.8. The molecule has 0 radical (unpaired) electrons. The molecule has 1 aliphatic rings. The Hall–Kier alpha value is -3.08. The number of nitrogens with zero attached hydrogens (tertiary/aromatic N) is 3. The highest BCUT2D eigenvalue weighted by Crippen LogP contribution is 2.43. The van der Waals surface area contributed by atoms with Crippen molar-refractivity contribution in [3.05, 3.63) is 59.2 Å². The van der Waals surface area contributed by atoms with E-state index in [2.05, 4.69) is 15.3 Å². The number of para-hydroxylation sites is 2. The number of rotatable bonds is 6. The van der Waals surface area contributed by atoms with Gasteiger partial charge in [-0.1, -0.05) is 12.1 Å². The first kappa shape index (κ1) is 21.7. The van der Waals surface area contributed by atoms with Crippen LogP contribution in [0.2, 0.25) is 0 Å². The quantitative estimate of drug-likeness (QED) is 0.435. The molecule has 4 aromatic rings. The summed E-state index contributed by atoms with van der Waals surface area (Å²) in [5.74, 6) is 0.322. The van der Waals surface area contributed by atoms with Gasteiger partial charge in [0.2, 0.25) is 15.9 Å². The number of likely N-dealkylation sites (N-methyl/N-ethyl adjacent to an activating group) is 1. The predicted molar refractivity (Wildman–Crippen MR) is 129 cm³/mol. The number of hydrogen-bond acceptors (Lipinski definition) is 6. The van der Waals surface area contributed by atoms with Gasteiger partial charge in [0.25, 0.3) is 0 Å². The van der Waals surface area contributed by atoms with Gasteiger partial charge in [0.15, 0.2) is 0 Å². The third kappa shape index (κ3) is 4.17. The highest BCUT2D eigenvalue weighted by molar-refractivity contribution is 7.89. The molecule has 3 aromatic heterocycles. The molecule has 0 aliphatic heterocycles. The second-order valence-electron chi connectivity index (χ2n) is 8.02. The van der Waals surface area contributed by atoms with E-state index in [1.807, 2.05) is 24.3 Å². The zero-order chi connectivity index (χ0) is 23.0. The number of fused-ring (bicyclic) bond motifs is 2. The van der Waals surface area contributed by atoms with Crippen LogP contribution < -0.4 is 5.32 Å². The summed E-state index contributed by atoms with van der Waals surface area (Å²) >= 11 is 1.56. The molecule has 5 rings (SSSR count). The number of aryl methyl sites for hydroxylation is 1. The Bertz CT molecular complexity index is 1390. The fraction of sp³-hybridized carbons (Fsp3) is 0.261. The number of hydrogen-bond donors (Lipinski definition) is 2. The lowest BCUT2D eigenvalue weighted by molar-refractivity contribution is -0.116. The van der Waals surface area contributed by atoms with Crippen LogP contribution in [0.5, 0.6) is 0 Å². The molecule has 1 amide bonds. The highest BCUT2D eigenvalue weighted by Gasteiger charge is 2.27. The summed E-state index contributed by atoms with van der Waals surface area (Å²) in [7, 11) is -2.42. The SMILES string of the molecule is CN(CC(=O)Nc1sc2c(c1-c1nc3ccccc3[nH]1)CCCC2)S(=O)(=O)c1cccnc1. The maximum atomic E-state index is 12.9. The summed E-state index contributed by atoms with van der Waals surface area (Å²) in [5.41, 5.74) is 3.93. The van der Waals surface area contributed by atoms with Gasteiger partial charge in [-0.05, 0) is 55.5 Å². The van der Waals surface area contributed by atoms with Crippen molar-refractivity contribution in [3.8, 4) is 11.4 Å². The molecule has 3 heterocycles. The Morgan fingerprint density at radius 2 is 2.00 bits per heavy atom. The molecule has 10 heteroatoms. The minimum absolute atomic E-state index is 0.0508. The molecule has 1 aliphatic carbocycles. The summed E-state index contributed by atoms with van der Waals surface area (Å²) < 4.78 is 26.6. The number of amides is 1. The number of nitrogens with one attached hydrogen (secondary N) is 2. The lowest BCUT2D eigenvalue weighted by atomic mass is 9.95. The summed E-state index contributed by atoms with van der Waals surface area (Å²) in [6.45, 7) is -0.306. The molecule has 0 saturated heterocycles. The van der Waals surface area contributed by atoms with Crippen LogP contribution in [0, 0.1) is 0 Å². The van der Waals surface area contributed by atoms with Crippen LogP contribution in [-0.4, -0.2) is 47.2 Å². The molecule has 0 bridgehead atoms. The maximum absolute atomic E-state index is 12.9. The number of aromatic amines is 1. The van der Waals surface area contributed by atoms with E-state index in [0.717, 1.165) is 52.4 Å². The van der Waals surface area contributed by atoms with Gasteiger partial charge >= 0.3 is 0 Å². The van der Waals surface area contributed by atoms with Crippen LogP contribution in [0.1, 0.15) is 23.3 Å². The Kier molecular flexibility index (Phi) is 5.73. The zero-order valence-corrected chi connectivity index (χ0v) is 19.7. The second kappa shape index (κ2) is 8.69. The molecule has 0 fully saturated rings. The Labute approximate surface area is 195 Å². The van der Waals surface area contributed by atoms with E-state index in [0.29, 0.717) is 5.00 Å². The topological polar surface area (TPSA) is 108 Å². The van der Waals surface area contributed by atoms with E-state index >= 15 is 0 Å². The van der Waals surface area contributed by atoms with Crippen LogP contribution >= 0.6 is 11.3 Å². The van der Waals surface area contributed by atoms with E-state index < -0.39 is 15.9 Å². The summed E-state index contributed by atoms with van der Waals surface area (Å²) in [4.78, 5) is 26.2. The number of thiophene rings is 1. The minimum atomic E-state index is -3.81. The number of pyridine rings is 1. The smallest absolute Gasteiger partial charge is 0.244 e. The van der Waals surface area contributed by atoms with Crippen LogP contribution in [0.25, 0.3) is 22.4 Å². The van der Waals surface area contributed by atoms with Crippen LogP contribution in [-0.2, 0) is 27.7 Å². The molecular formula is C23H23N5O3S2. The Balaban J connectivity index is 1.44. The van der Waals surface area contributed by atoms with E-state index in [4.69, 9.17) is 4.98 Å². The van der Waals surface area contributed by atoms with E-state index in [9.17, 15) is 13.2 Å². The summed E-state index contributed by atoms with van der Waals surface area (Å²) in [5, 5.41) is 3.67. The van der Waals surface area contributed by atoms with Crippen molar-refractivity contribution in [3.63, 3.8) is 0 Å². The van der Waals surface area contributed by atoms with Crippen LogP contribution in [0.3, 0.4) is 0 Å². The first-order valence-corrected chi connectivity index (χ1v) is 12.9. The normalized spacial score (nSPS) is 13.9. The van der Waals surface area contributed by atoms with Crippen molar-refractivity contribution < 1.29 is 13.2 Å². The highest BCUT2D eigenvalue weighted by atomic mass is 32.2. The number of carbonyl (C=O) groups excluding carboxylic acids is 1. The fourth-order valence-electron chi connectivity index (χ4n) is 4.11. The number of imidazole rings is 1. The number of aromatic nitrogens is 3. The van der Waals surface area contributed by atoms with Gasteiger partial charge in [-0.3, -0.25) is 9.78 Å². The van der Waals surface area contributed by atoms with Gasteiger partial charge < -0.3 is 10.3 Å². The van der Waals surface area contributed by atoms with E-state index in [-0.39, 0.29) is 11.4 Å². The predicted octanol–water partition coefficient (Wildman–Crippen LogP) is 3.82. The standard InChI is InChI=1S/C23H23N5O3S2/c1-28(33(30,31)15-7-6-12-24-13-15)14-20(29)27-23-21(16-8-2-5-11-19(16)32-23)22-25-17-9-3-4-10-18(17)26-22/h3-4,6-7,9-10,12-13H,2,5,8,11,14H2,1H3,(H,25,26)(H,27,29). The number of H-pyrrole nitrogens is 1. The van der Waals surface area contributed by atoms with E-state index in [1.165, 1.54) is 35.9 Å². The van der Waals surface area contributed by atoms with Gasteiger partial charge in [0.1, 0.15) is 15.7 Å². The average Bonchev–Trinajstić information content (AvgIpc) is 3.39. The van der Waals surface area contributed by atoms with Crippen molar-refractivity contribution in [2.45, 2.75) is 30.6 Å². The molecule has 0 saturated carbocycles. The van der Waals surface area contributed by atoms with Crippen molar-refractivity contribution in [2.24, 2.45) is 0 Å². The molecular weight excluding hydrogens is 458 g/mol. The molecule has 170 valence electrons. The first-order chi connectivity index (χ1) is 15.9. The van der Waals surface area contributed by atoms with Crippen LogP contribution in [0.4, 0.5) is 5.00 Å². The van der Waals surface area contributed by atoms with E-state index in [1.54, 1.807) is 17.4 Å². The lowest BCUT2D eigenvalue weighted by Crippen LogP contribution is -2.35. The largest absolute Gasteiger partial charge is 0.338 e. The maximum Gasteiger partial charge on any atom is 0.244 e. The number of sulfonamides is 1. The third-order valence-electron chi connectivity index (χ3n) is 5.76. The molecule has 33 heavy (non-hydrogen) atoms. The number of carbonyl (C=O) groups is 1. The van der Waals surface area contributed by atoms with Crippen molar-refractivity contribution in [2.75, 3.05) is 18.9 Å². The fourth-order valence-corrected chi connectivity index (χ4v) is 6.51. The zero-order valence-electron chi connectivity index (χ0n) is 18.0. The van der Waals surface area contributed by atoms with Gasteiger partial charge in [0, 0.05) is 24.3 Å². The van der Waals surface area contributed by atoms with Gasteiger partial charge in [0.05, 0.1) is 23.1 Å². The molecule has 0 atom stereocenters. The van der Waals surface area contributed by atoms with Gasteiger partial charge in [-0.25, -0.2) is 13.4 Å². The Morgan fingerprint density at radius 1 is 1.18 bits per heavy atom. The first-order valence-electron chi connectivity index (χ1n) is 10.7. The van der Waals surface area contributed by atoms with Crippen LogP contribution in [0.15, 0.2) is 53.7 Å². The van der Waals surface area contributed by atoms with Crippen molar-refractivity contribution in [1.29, 1.82) is 0 Å². The molecule has 2 N–H and O–H groups in total. The third-order valence-corrected chi connectivity index (χ3v) is 8.75.